The molecule has 2 N–H and O–H groups in total. The van der Waals surface area contributed by atoms with Gasteiger partial charge in [-0.2, -0.15) is 28.5 Å². The molecule has 0 aliphatic carbocycles. The summed E-state index contributed by atoms with van der Waals surface area (Å²) in [7, 11) is 0. The summed E-state index contributed by atoms with van der Waals surface area (Å²) in [5, 5.41) is 18.8. The maximum absolute atomic E-state index is 14.4. The van der Waals surface area contributed by atoms with E-state index in [1.165, 1.54) is 35.7 Å². The van der Waals surface area contributed by atoms with Crippen LogP contribution in [0.1, 0.15) is 27.7 Å². The highest BCUT2D eigenvalue weighted by atomic mass is 35.5. The maximum Gasteiger partial charge on any atom is 0.434 e. The van der Waals surface area contributed by atoms with E-state index in [0.717, 1.165) is 30.4 Å². The van der Waals surface area contributed by atoms with Crippen molar-refractivity contribution in [2.45, 2.75) is 12.1 Å². The van der Waals surface area contributed by atoms with E-state index in [-0.39, 0.29) is 28.1 Å². The van der Waals surface area contributed by atoms with E-state index in [2.05, 4.69) is 35.9 Å². The van der Waals surface area contributed by atoms with Crippen molar-refractivity contribution in [3.8, 4) is 11.5 Å². The minimum atomic E-state index is -4.90. The van der Waals surface area contributed by atoms with Crippen molar-refractivity contribution in [1.29, 1.82) is 0 Å². The van der Waals surface area contributed by atoms with Gasteiger partial charge in [-0.15, -0.1) is 4.80 Å². The lowest BCUT2D eigenvalue weighted by molar-refractivity contribution is -0.143. The van der Waals surface area contributed by atoms with Gasteiger partial charge in [-0.1, -0.05) is 35.9 Å². The number of fused-ring (bicyclic) bond motifs is 1. The molecule has 38 heavy (non-hydrogen) atoms. The van der Waals surface area contributed by atoms with Gasteiger partial charge in [0.2, 0.25) is 0 Å². The molecule has 10 nitrogen and oxygen atoms in total. The average molecular weight is 540 g/mol. The van der Waals surface area contributed by atoms with Gasteiger partial charge in [0.1, 0.15) is 0 Å². The third-order valence-corrected chi connectivity index (χ3v) is 6.45. The topological polar surface area (TPSA) is 115 Å². The lowest BCUT2D eigenvalue weighted by atomic mass is 9.94. The number of amides is 1. The van der Waals surface area contributed by atoms with E-state index < -0.39 is 23.3 Å². The number of carbonyl (C=O) groups is 1. The van der Waals surface area contributed by atoms with Crippen LogP contribution in [-0.4, -0.2) is 53.7 Å². The van der Waals surface area contributed by atoms with Crippen LogP contribution in [0.3, 0.4) is 0 Å². The van der Waals surface area contributed by atoms with E-state index in [1.54, 1.807) is 12.1 Å². The molecule has 14 heteroatoms. The molecule has 1 saturated heterocycles. The third kappa shape index (κ3) is 4.15. The first kappa shape index (κ1) is 24.0. The Morgan fingerprint density at radius 1 is 1.03 bits per heavy atom. The Morgan fingerprint density at radius 3 is 2.42 bits per heavy atom. The predicted octanol–water partition coefficient (Wildman–Crippen LogP) is 4.01. The molecule has 1 fully saturated rings. The molecule has 0 atom stereocenters. The van der Waals surface area contributed by atoms with E-state index in [0.29, 0.717) is 10.1 Å². The van der Waals surface area contributed by atoms with Crippen LogP contribution < -0.4 is 10.6 Å². The molecule has 5 aromatic rings. The van der Waals surface area contributed by atoms with Crippen molar-refractivity contribution >= 4 is 34.0 Å². The van der Waals surface area contributed by atoms with Crippen molar-refractivity contribution in [2.24, 2.45) is 0 Å². The van der Waals surface area contributed by atoms with Gasteiger partial charge in [0.05, 0.1) is 58.6 Å². The zero-order valence-corrected chi connectivity index (χ0v) is 20.1. The molecular weight excluding hydrogens is 523 g/mol. The molecule has 0 radical (unpaired) electrons. The summed E-state index contributed by atoms with van der Waals surface area (Å²) < 4.78 is 43.8. The molecule has 6 rings (SSSR count). The number of nitrogens with one attached hydrogen (secondary N) is 2. The van der Waals surface area contributed by atoms with Crippen molar-refractivity contribution < 1.29 is 18.0 Å². The number of hydrogen-bond acceptors (Lipinski definition) is 7. The van der Waals surface area contributed by atoms with Crippen LogP contribution in [-0.2, 0) is 6.18 Å². The third-order valence-electron chi connectivity index (χ3n) is 6.17. The normalized spacial score (nSPS) is 14.0. The van der Waals surface area contributed by atoms with Gasteiger partial charge in [-0.25, -0.2) is 9.67 Å². The van der Waals surface area contributed by atoms with Gasteiger partial charge < -0.3 is 10.6 Å². The molecule has 192 valence electrons. The van der Waals surface area contributed by atoms with Crippen LogP contribution in [0, 0.1) is 0 Å². The van der Waals surface area contributed by atoms with Gasteiger partial charge in [0.15, 0.2) is 11.5 Å². The quantitative estimate of drug-likeness (QED) is 0.347. The Labute approximate surface area is 217 Å². The summed E-state index contributed by atoms with van der Waals surface area (Å²) in [5.74, 6) is -0.661. The molecule has 1 aliphatic heterocycles. The average Bonchev–Trinajstić information content (AvgIpc) is 3.54. The number of halogens is 4. The molecule has 1 aliphatic rings. The molecule has 5 heterocycles. The SMILES string of the molecule is O=C(Nc1cnc(-n2nccn2)c(Cl)c1)c1cnn(-c2cnc(C3CNC3)c3ccccc23)c1C(F)(F)F. The first-order valence-electron chi connectivity index (χ1n) is 11.4. The smallest absolute Gasteiger partial charge is 0.320 e. The van der Waals surface area contributed by atoms with Crippen molar-refractivity contribution in [3.63, 3.8) is 0 Å². The summed E-state index contributed by atoms with van der Waals surface area (Å²) in [6.45, 7) is 1.49. The Balaban J connectivity index is 1.38. The zero-order valence-electron chi connectivity index (χ0n) is 19.3. The molecule has 0 bridgehead atoms. The molecular formula is C24H17ClF3N9O. The standard InChI is InChI=1S/C24H17ClF3N9O/c25-18-7-14(10-31-22(18)37-32-5-6-33-37)35-23(38)17-11-34-36(21(17)24(26,27)28)19-12-30-20(13-8-29-9-13)16-4-2-1-3-15(16)19/h1-7,10-13,29H,8-9H2,(H,35,38). The predicted molar refractivity (Wildman–Crippen MR) is 132 cm³/mol. The van der Waals surface area contributed by atoms with Gasteiger partial charge in [-0.3, -0.25) is 9.78 Å². The largest absolute Gasteiger partial charge is 0.434 e. The lowest BCUT2D eigenvalue weighted by Gasteiger charge is -2.28. The van der Waals surface area contributed by atoms with Gasteiger partial charge in [0, 0.05) is 29.8 Å². The number of pyridine rings is 2. The van der Waals surface area contributed by atoms with E-state index in [4.69, 9.17) is 11.6 Å². The van der Waals surface area contributed by atoms with Crippen LogP contribution >= 0.6 is 11.6 Å². The number of hydrogen-bond donors (Lipinski definition) is 2. The molecule has 0 unspecified atom stereocenters. The zero-order chi connectivity index (χ0) is 26.4. The van der Waals surface area contributed by atoms with Gasteiger partial charge in [0.25, 0.3) is 5.91 Å². The number of anilines is 1. The summed E-state index contributed by atoms with van der Waals surface area (Å²) in [6.07, 6.45) is 1.46. The number of aromatic nitrogens is 7. The van der Waals surface area contributed by atoms with E-state index in [9.17, 15) is 18.0 Å². The highest BCUT2D eigenvalue weighted by Gasteiger charge is 2.41. The number of nitrogens with zero attached hydrogens (tertiary/aromatic N) is 7. The maximum atomic E-state index is 14.4. The van der Waals surface area contributed by atoms with Crippen molar-refractivity contribution in [1.82, 2.24) is 40.1 Å². The minimum Gasteiger partial charge on any atom is -0.320 e. The number of alkyl halides is 3. The highest BCUT2D eigenvalue weighted by Crippen LogP contribution is 2.37. The second-order valence-corrected chi connectivity index (χ2v) is 8.96. The van der Waals surface area contributed by atoms with Crippen LogP contribution in [0.25, 0.3) is 22.3 Å². The Kier molecular flexibility index (Phi) is 5.80. The molecule has 4 aromatic heterocycles. The Morgan fingerprint density at radius 2 is 1.76 bits per heavy atom. The van der Waals surface area contributed by atoms with Crippen molar-refractivity contribution in [3.05, 3.63) is 83.3 Å². The Hall–Kier alpha value is -4.36. The second-order valence-electron chi connectivity index (χ2n) is 8.55. The van der Waals surface area contributed by atoms with Gasteiger partial charge >= 0.3 is 6.18 Å². The molecule has 0 spiro atoms. The van der Waals surface area contributed by atoms with E-state index >= 15 is 0 Å². The molecule has 1 aromatic carbocycles. The van der Waals surface area contributed by atoms with Crippen LogP contribution in [0.15, 0.2) is 61.3 Å². The highest BCUT2D eigenvalue weighted by molar-refractivity contribution is 6.32. The van der Waals surface area contributed by atoms with Crippen molar-refractivity contribution in [2.75, 3.05) is 18.4 Å². The monoisotopic (exact) mass is 539 g/mol. The van der Waals surface area contributed by atoms with E-state index in [1.807, 2.05) is 12.1 Å². The fourth-order valence-electron chi connectivity index (χ4n) is 4.32. The first-order valence-corrected chi connectivity index (χ1v) is 11.8. The van der Waals surface area contributed by atoms with Crippen LogP contribution in [0.4, 0.5) is 18.9 Å². The lowest BCUT2D eigenvalue weighted by Crippen LogP contribution is -2.40. The summed E-state index contributed by atoms with van der Waals surface area (Å²) in [4.78, 5) is 22.8. The summed E-state index contributed by atoms with van der Waals surface area (Å²) in [6, 6.07) is 8.42. The first-order chi connectivity index (χ1) is 18.3. The molecule has 0 saturated carbocycles. The number of carbonyl (C=O) groups excluding carboxylic acids is 1. The molecule has 1 amide bonds. The second kappa shape index (κ2) is 9.19. The van der Waals surface area contributed by atoms with Crippen LogP contribution in [0.5, 0.6) is 0 Å². The minimum absolute atomic E-state index is 0.0855. The number of rotatable bonds is 5. The Bertz CT molecular complexity index is 1660. The van der Waals surface area contributed by atoms with Gasteiger partial charge in [-0.05, 0) is 6.07 Å². The number of benzene rings is 1. The fraction of sp³-hybridized carbons (Fsp3) is 0.167. The summed E-state index contributed by atoms with van der Waals surface area (Å²) in [5.41, 5.74) is -0.884. The fourth-order valence-corrected chi connectivity index (χ4v) is 4.56. The summed E-state index contributed by atoms with van der Waals surface area (Å²) >= 11 is 6.22. The van der Waals surface area contributed by atoms with Crippen LogP contribution in [0.2, 0.25) is 5.02 Å².